The number of nitrogens with zero attached hydrogens (tertiary/aromatic N) is 4. The van der Waals surface area contributed by atoms with E-state index in [1.807, 2.05) is 17.8 Å². The van der Waals surface area contributed by atoms with Crippen molar-refractivity contribution in [1.82, 2.24) is 19.7 Å². The Balaban J connectivity index is 1.98. The van der Waals surface area contributed by atoms with Gasteiger partial charge >= 0.3 is 0 Å². The van der Waals surface area contributed by atoms with E-state index in [2.05, 4.69) is 28.0 Å². The van der Waals surface area contributed by atoms with Crippen molar-refractivity contribution in [3.63, 3.8) is 0 Å². The molecule has 3 heterocycles. The topological polar surface area (TPSA) is 43.2 Å². The highest BCUT2D eigenvalue weighted by molar-refractivity contribution is 5.78. The SMILES string of the molecule is CCN1CCO[C@@H](c2nn(C)c3ncccc23)C1. The maximum atomic E-state index is 5.87. The normalized spacial score (nSPS) is 21.6. The Hall–Kier alpha value is -1.46. The van der Waals surface area contributed by atoms with E-state index in [9.17, 15) is 0 Å². The summed E-state index contributed by atoms with van der Waals surface area (Å²) in [5.74, 6) is 0. The lowest BCUT2D eigenvalue weighted by molar-refractivity contribution is -0.0298. The van der Waals surface area contributed by atoms with Gasteiger partial charge in [-0.05, 0) is 18.7 Å². The minimum atomic E-state index is 0.0617. The van der Waals surface area contributed by atoms with Crippen LogP contribution in [0.2, 0.25) is 0 Å². The van der Waals surface area contributed by atoms with Crippen LogP contribution in [0.25, 0.3) is 11.0 Å². The van der Waals surface area contributed by atoms with Crippen molar-refractivity contribution in [2.24, 2.45) is 7.05 Å². The van der Waals surface area contributed by atoms with Gasteiger partial charge in [0.2, 0.25) is 0 Å². The first kappa shape index (κ1) is 11.6. The molecule has 5 nitrogen and oxygen atoms in total. The van der Waals surface area contributed by atoms with Gasteiger partial charge < -0.3 is 4.74 Å². The molecule has 1 aliphatic heterocycles. The molecule has 18 heavy (non-hydrogen) atoms. The number of aromatic nitrogens is 3. The average molecular weight is 246 g/mol. The lowest BCUT2D eigenvalue weighted by Gasteiger charge is -2.31. The minimum absolute atomic E-state index is 0.0617. The fraction of sp³-hybridized carbons (Fsp3) is 0.538. The third kappa shape index (κ3) is 1.89. The second kappa shape index (κ2) is 4.66. The van der Waals surface area contributed by atoms with Crippen molar-refractivity contribution in [3.05, 3.63) is 24.0 Å². The predicted molar refractivity (Wildman–Crippen MR) is 69.3 cm³/mol. The first-order valence-electron chi connectivity index (χ1n) is 6.41. The van der Waals surface area contributed by atoms with E-state index < -0.39 is 0 Å². The summed E-state index contributed by atoms with van der Waals surface area (Å²) in [4.78, 5) is 6.76. The van der Waals surface area contributed by atoms with Gasteiger partial charge in [0, 0.05) is 31.7 Å². The molecule has 0 saturated carbocycles. The van der Waals surface area contributed by atoms with Crippen LogP contribution in [-0.2, 0) is 11.8 Å². The second-order valence-corrected chi connectivity index (χ2v) is 4.64. The van der Waals surface area contributed by atoms with Gasteiger partial charge in [-0.25, -0.2) is 4.98 Å². The third-order valence-electron chi connectivity index (χ3n) is 3.53. The molecule has 0 spiro atoms. The summed E-state index contributed by atoms with van der Waals surface area (Å²) in [6.45, 7) is 5.94. The van der Waals surface area contributed by atoms with Crippen LogP contribution in [0.5, 0.6) is 0 Å². The van der Waals surface area contributed by atoms with Gasteiger partial charge in [0.05, 0.1) is 6.61 Å². The molecule has 0 bridgehead atoms. The highest BCUT2D eigenvalue weighted by Crippen LogP contribution is 2.27. The summed E-state index contributed by atoms with van der Waals surface area (Å²) in [6.07, 6.45) is 1.86. The number of likely N-dealkylation sites (N-methyl/N-ethyl adjacent to an activating group) is 1. The van der Waals surface area contributed by atoms with Gasteiger partial charge in [-0.3, -0.25) is 9.58 Å². The first-order chi connectivity index (χ1) is 8.79. The molecule has 1 fully saturated rings. The molecule has 0 radical (unpaired) electrons. The van der Waals surface area contributed by atoms with E-state index in [1.165, 1.54) is 0 Å². The number of fused-ring (bicyclic) bond motifs is 1. The molecular weight excluding hydrogens is 228 g/mol. The van der Waals surface area contributed by atoms with E-state index in [1.54, 1.807) is 6.20 Å². The van der Waals surface area contributed by atoms with Crippen LogP contribution < -0.4 is 0 Å². The number of ether oxygens (including phenoxy) is 1. The van der Waals surface area contributed by atoms with Gasteiger partial charge in [0.25, 0.3) is 0 Å². The monoisotopic (exact) mass is 246 g/mol. The molecule has 0 aliphatic carbocycles. The summed E-state index contributed by atoms with van der Waals surface area (Å²) < 4.78 is 7.70. The fourth-order valence-corrected chi connectivity index (χ4v) is 2.51. The lowest BCUT2D eigenvalue weighted by atomic mass is 10.1. The van der Waals surface area contributed by atoms with Gasteiger partial charge in [0.1, 0.15) is 11.8 Å². The van der Waals surface area contributed by atoms with Crippen molar-refractivity contribution >= 4 is 11.0 Å². The molecule has 1 saturated heterocycles. The van der Waals surface area contributed by atoms with Gasteiger partial charge in [-0.1, -0.05) is 6.92 Å². The fourth-order valence-electron chi connectivity index (χ4n) is 2.51. The Morgan fingerprint density at radius 3 is 3.22 bits per heavy atom. The average Bonchev–Trinajstić information content (AvgIpc) is 2.77. The molecule has 0 amide bonds. The maximum absolute atomic E-state index is 5.87. The van der Waals surface area contributed by atoms with Gasteiger partial charge in [-0.2, -0.15) is 5.10 Å². The minimum Gasteiger partial charge on any atom is -0.369 e. The molecule has 1 aliphatic rings. The Labute approximate surface area is 106 Å². The van der Waals surface area contributed by atoms with E-state index in [0.717, 1.165) is 43.0 Å². The summed E-state index contributed by atoms with van der Waals surface area (Å²) >= 11 is 0. The predicted octanol–water partition coefficient (Wildman–Crippen LogP) is 1.36. The number of hydrogen-bond donors (Lipinski definition) is 0. The van der Waals surface area contributed by atoms with Gasteiger partial charge in [0.15, 0.2) is 5.65 Å². The van der Waals surface area contributed by atoms with Crippen molar-refractivity contribution < 1.29 is 4.74 Å². The Morgan fingerprint density at radius 2 is 2.39 bits per heavy atom. The molecule has 0 unspecified atom stereocenters. The van der Waals surface area contributed by atoms with Crippen LogP contribution in [0.3, 0.4) is 0 Å². The molecular formula is C13H18N4O. The van der Waals surface area contributed by atoms with E-state index in [0.29, 0.717) is 0 Å². The summed E-state index contributed by atoms with van der Waals surface area (Å²) in [5.41, 5.74) is 1.93. The van der Waals surface area contributed by atoms with Crippen molar-refractivity contribution in [2.75, 3.05) is 26.2 Å². The Bertz CT molecular complexity index is 551. The quantitative estimate of drug-likeness (QED) is 0.802. The van der Waals surface area contributed by atoms with Crippen molar-refractivity contribution in [1.29, 1.82) is 0 Å². The summed E-state index contributed by atoms with van der Waals surface area (Å²) in [6, 6.07) is 4.02. The Morgan fingerprint density at radius 1 is 1.50 bits per heavy atom. The molecule has 0 aromatic carbocycles. The number of pyridine rings is 1. The largest absolute Gasteiger partial charge is 0.369 e. The van der Waals surface area contributed by atoms with Crippen molar-refractivity contribution in [3.8, 4) is 0 Å². The van der Waals surface area contributed by atoms with Crippen LogP contribution in [-0.4, -0.2) is 45.9 Å². The van der Waals surface area contributed by atoms with E-state index in [-0.39, 0.29) is 6.10 Å². The number of morpholine rings is 1. The zero-order valence-electron chi connectivity index (χ0n) is 10.8. The number of hydrogen-bond acceptors (Lipinski definition) is 4. The van der Waals surface area contributed by atoms with Crippen molar-refractivity contribution in [2.45, 2.75) is 13.0 Å². The molecule has 3 rings (SSSR count). The second-order valence-electron chi connectivity index (χ2n) is 4.64. The van der Waals surface area contributed by atoms with E-state index >= 15 is 0 Å². The number of rotatable bonds is 2. The zero-order valence-corrected chi connectivity index (χ0v) is 10.8. The first-order valence-corrected chi connectivity index (χ1v) is 6.41. The molecule has 5 heteroatoms. The highest BCUT2D eigenvalue weighted by Gasteiger charge is 2.25. The Kier molecular flexibility index (Phi) is 3.01. The van der Waals surface area contributed by atoms with Gasteiger partial charge in [-0.15, -0.1) is 0 Å². The lowest BCUT2D eigenvalue weighted by Crippen LogP contribution is -2.38. The summed E-state index contributed by atoms with van der Waals surface area (Å²) in [5, 5.41) is 5.68. The molecule has 2 aromatic heterocycles. The third-order valence-corrected chi connectivity index (χ3v) is 3.53. The smallest absolute Gasteiger partial charge is 0.157 e. The highest BCUT2D eigenvalue weighted by atomic mass is 16.5. The zero-order chi connectivity index (χ0) is 12.5. The molecule has 0 N–H and O–H groups in total. The number of aryl methyl sites for hydroxylation is 1. The summed E-state index contributed by atoms with van der Waals surface area (Å²) in [7, 11) is 1.93. The standard InChI is InChI=1S/C13H18N4O/c1-3-17-7-8-18-11(9-17)12-10-5-4-6-14-13(10)16(2)15-12/h4-6,11H,3,7-9H2,1-2H3/t11-/m1/s1. The molecule has 96 valence electrons. The van der Waals surface area contributed by atoms with Crippen LogP contribution >= 0.6 is 0 Å². The van der Waals surface area contributed by atoms with Crippen LogP contribution in [0.4, 0.5) is 0 Å². The van der Waals surface area contributed by atoms with Crippen LogP contribution in [0.1, 0.15) is 18.7 Å². The van der Waals surface area contributed by atoms with E-state index in [4.69, 9.17) is 4.74 Å². The molecule has 1 atom stereocenters. The maximum Gasteiger partial charge on any atom is 0.157 e. The van der Waals surface area contributed by atoms with Crippen LogP contribution in [0, 0.1) is 0 Å². The molecule has 2 aromatic rings. The van der Waals surface area contributed by atoms with Crippen LogP contribution in [0.15, 0.2) is 18.3 Å².